The van der Waals surface area contributed by atoms with Gasteiger partial charge in [-0.25, -0.2) is 24.1 Å². The Bertz CT molecular complexity index is 741. The highest BCUT2D eigenvalue weighted by molar-refractivity contribution is 5.96. The molecule has 0 atom stereocenters. The molecule has 0 N–H and O–H groups in total. The van der Waals surface area contributed by atoms with Crippen molar-refractivity contribution < 1.29 is 19.2 Å². The van der Waals surface area contributed by atoms with Crippen molar-refractivity contribution in [3.05, 3.63) is 0 Å². The molecular formula is C22H37N5O4. The topological polar surface area (TPSA) is 103 Å². The fraction of sp³-hybridized carbons (Fsp3) is 0.818. The third-order valence-electron chi connectivity index (χ3n) is 5.56. The predicted molar refractivity (Wildman–Crippen MR) is 118 cm³/mol. The molecule has 4 amide bonds. The molecule has 174 valence electrons. The van der Waals surface area contributed by atoms with Crippen LogP contribution in [0.2, 0.25) is 0 Å². The van der Waals surface area contributed by atoms with E-state index in [4.69, 9.17) is 0 Å². The van der Waals surface area contributed by atoms with Gasteiger partial charge in [0, 0.05) is 17.1 Å². The molecule has 0 saturated carbocycles. The summed E-state index contributed by atoms with van der Waals surface area (Å²) in [4.78, 5) is 60.7. The molecule has 0 aromatic heterocycles. The molecular weight excluding hydrogens is 398 g/mol. The van der Waals surface area contributed by atoms with Gasteiger partial charge in [0.1, 0.15) is 6.67 Å². The minimum atomic E-state index is -0.726. The standard InChI is InChI=1S/C22H37N5O4/c1-16(2)27-17(30)25(21(7,8)11-19(3,4)23-13-28)15-26(18(27)31)22(9,10)12-20(5,6)24-14-29/h16H,11-12,15H2,1-10H3. The zero-order valence-corrected chi connectivity index (χ0v) is 20.6. The van der Waals surface area contributed by atoms with E-state index < -0.39 is 22.2 Å². The van der Waals surface area contributed by atoms with Crippen LogP contribution in [0.1, 0.15) is 82.1 Å². The van der Waals surface area contributed by atoms with E-state index in [-0.39, 0.29) is 24.8 Å². The molecule has 9 heteroatoms. The molecule has 0 bridgehead atoms. The maximum atomic E-state index is 13.4. The highest BCUT2D eigenvalue weighted by Crippen LogP contribution is 2.36. The summed E-state index contributed by atoms with van der Waals surface area (Å²) < 4.78 is 0. The predicted octanol–water partition coefficient (Wildman–Crippen LogP) is 4.08. The summed E-state index contributed by atoms with van der Waals surface area (Å²) in [5.74, 6) is 0. The second-order valence-electron chi connectivity index (χ2n) is 11.0. The Balaban J connectivity index is 3.43. The van der Waals surface area contributed by atoms with Gasteiger partial charge < -0.3 is 9.80 Å². The summed E-state index contributed by atoms with van der Waals surface area (Å²) in [6.45, 7) is 18.5. The van der Waals surface area contributed by atoms with E-state index in [0.717, 1.165) is 0 Å². The maximum Gasteiger partial charge on any atom is 0.330 e. The first kappa shape index (κ1) is 26.5. The number of aliphatic imine (C=N–C) groups is 2. The summed E-state index contributed by atoms with van der Waals surface area (Å²) in [5.41, 5.74) is -2.87. The number of amides is 4. The Morgan fingerprint density at radius 2 is 1.10 bits per heavy atom. The van der Waals surface area contributed by atoms with Crippen molar-refractivity contribution in [3.8, 4) is 0 Å². The average molecular weight is 436 g/mol. The Labute approximate surface area is 185 Å². The van der Waals surface area contributed by atoms with Crippen molar-refractivity contribution in [2.45, 2.75) is 110 Å². The highest BCUT2D eigenvalue weighted by atomic mass is 16.2. The number of carbonyl (C=O) groups excluding carboxylic acids is 4. The van der Waals surface area contributed by atoms with Crippen molar-refractivity contribution in [1.82, 2.24) is 14.7 Å². The van der Waals surface area contributed by atoms with Gasteiger partial charge in [-0.15, -0.1) is 0 Å². The van der Waals surface area contributed by atoms with Gasteiger partial charge in [-0.2, -0.15) is 9.98 Å². The summed E-state index contributed by atoms with van der Waals surface area (Å²) >= 11 is 0. The van der Waals surface area contributed by atoms with Crippen LogP contribution in [0.4, 0.5) is 9.59 Å². The summed E-state index contributed by atoms with van der Waals surface area (Å²) in [7, 11) is 0. The molecule has 0 aromatic carbocycles. The summed E-state index contributed by atoms with van der Waals surface area (Å²) in [6.07, 6.45) is 4.01. The number of isocyanates is 2. The van der Waals surface area contributed by atoms with Crippen LogP contribution in [0.15, 0.2) is 9.98 Å². The number of carbonyl (C=O) groups is 2. The Hall–Kier alpha value is -2.50. The molecule has 1 saturated heterocycles. The molecule has 0 radical (unpaired) electrons. The molecule has 9 nitrogen and oxygen atoms in total. The Morgan fingerprint density at radius 3 is 1.35 bits per heavy atom. The number of hydrogen-bond acceptors (Lipinski definition) is 6. The SMILES string of the molecule is CC(C)N1C(=O)N(C(C)(C)CC(C)(C)N=C=O)CN(C(C)(C)CC(C)(C)N=C=O)C1=O. The number of nitrogens with zero attached hydrogens (tertiary/aromatic N) is 5. The molecule has 1 aliphatic heterocycles. The molecule has 1 fully saturated rings. The zero-order valence-electron chi connectivity index (χ0n) is 20.6. The number of urea groups is 2. The average Bonchev–Trinajstić information content (AvgIpc) is 2.51. The normalized spacial score (nSPS) is 16.4. The lowest BCUT2D eigenvalue weighted by molar-refractivity contribution is -0.0160. The van der Waals surface area contributed by atoms with Crippen molar-refractivity contribution in [2.75, 3.05) is 6.67 Å². The van der Waals surface area contributed by atoms with Crippen LogP contribution in [-0.4, -0.2) is 73.8 Å². The van der Waals surface area contributed by atoms with Gasteiger partial charge in [0.25, 0.3) is 0 Å². The van der Waals surface area contributed by atoms with Crippen molar-refractivity contribution in [3.63, 3.8) is 0 Å². The zero-order chi connectivity index (χ0) is 24.4. The second-order valence-corrected chi connectivity index (χ2v) is 11.0. The van der Waals surface area contributed by atoms with Crippen molar-refractivity contribution in [1.29, 1.82) is 0 Å². The van der Waals surface area contributed by atoms with Crippen LogP contribution in [0.5, 0.6) is 0 Å². The molecule has 0 aliphatic carbocycles. The molecule has 0 aromatic rings. The van der Waals surface area contributed by atoms with Gasteiger partial charge in [0.2, 0.25) is 12.2 Å². The van der Waals surface area contributed by atoms with Crippen molar-refractivity contribution >= 4 is 24.2 Å². The van der Waals surface area contributed by atoms with Crippen LogP contribution >= 0.6 is 0 Å². The van der Waals surface area contributed by atoms with Gasteiger partial charge in [-0.05, 0) is 82.1 Å². The molecule has 0 unspecified atom stereocenters. The molecule has 1 aliphatic rings. The van der Waals surface area contributed by atoms with Crippen LogP contribution in [0.25, 0.3) is 0 Å². The van der Waals surface area contributed by atoms with E-state index in [9.17, 15) is 19.2 Å². The molecule has 0 spiro atoms. The third kappa shape index (κ3) is 6.25. The van der Waals surface area contributed by atoms with E-state index in [0.29, 0.717) is 12.8 Å². The quantitative estimate of drug-likeness (QED) is 0.402. The van der Waals surface area contributed by atoms with E-state index in [1.165, 1.54) is 4.90 Å². The first-order valence-electron chi connectivity index (χ1n) is 10.5. The largest absolute Gasteiger partial charge is 0.330 e. The lowest BCUT2D eigenvalue weighted by Gasteiger charge is -2.54. The van der Waals surface area contributed by atoms with Crippen LogP contribution in [0.3, 0.4) is 0 Å². The molecule has 1 heterocycles. The minimum absolute atomic E-state index is 0.0721. The van der Waals surface area contributed by atoms with E-state index in [1.54, 1.807) is 63.5 Å². The minimum Gasteiger partial charge on any atom is -0.301 e. The smallest absolute Gasteiger partial charge is 0.301 e. The number of rotatable bonds is 9. The van der Waals surface area contributed by atoms with Crippen LogP contribution in [-0.2, 0) is 9.59 Å². The monoisotopic (exact) mass is 435 g/mol. The third-order valence-corrected chi connectivity index (χ3v) is 5.56. The fourth-order valence-corrected chi connectivity index (χ4v) is 4.58. The van der Waals surface area contributed by atoms with Gasteiger partial charge in [0.05, 0.1) is 11.1 Å². The highest BCUT2D eigenvalue weighted by Gasteiger charge is 2.50. The van der Waals surface area contributed by atoms with Crippen molar-refractivity contribution in [2.24, 2.45) is 9.98 Å². The van der Waals surface area contributed by atoms with E-state index in [1.807, 2.05) is 27.7 Å². The maximum absolute atomic E-state index is 13.4. The molecule has 1 rings (SSSR count). The van der Waals surface area contributed by atoms with E-state index in [2.05, 4.69) is 9.98 Å². The van der Waals surface area contributed by atoms with Gasteiger partial charge >= 0.3 is 12.1 Å². The summed E-state index contributed by atoms with van der Waals surface area (Å²) in [5, 5.41) is 0. The Morgan fingerprint density at radius 1 is 0.774 bits per heavy atom. The van der Waals surface area contributed by atoms with Crippen LogP contribution in [0, 0.1) is 0 Å². The Kier molecular flexibility index (Phi) is 7.64. The number of hydrogen-bond donors (Lipinski definition) is 0. The summed E-state index contributed by atoms with van der Waals surface area (Å²) in [6, 6.07) is -1.11. The molecule has 31 heavy (non-hydrogen) atoms. The number of imide groups is 1. The lowest BCUT2D eigenvalue weighted by Crippen LogP contribution is -2.71. The second kappa shape index (κ2) is 8.93. The van der Waals surface area contributed by atoms with Gasteiger partial charge in [-0.3, -0.25) is 0 Å². The first-order chi connectivity index (χ1) is 13.9. The fourth-order valence-electron chi connectivity index (χ4n) is 4.58. The van der Waals surface area contributed by atoms with E-state index >= 15 is 0 Å². The van der Waals surface area contributed by atoms with Gasteiger partial charge in [0.15, 0.2) is 0 Å². The first-order valence-corrected chi connectivity index (χ1v) is 10.5. The lowest BCUT2D eigenvalue weighted by atomic mass is 9.84. The van der Waals surface area contributed by atoms with Crippen LogP contribution < -0.4 is 0 Å². The van der Waals surface area contributed by atoms with Gasteiger partial charge in [-0.1, -0.05) is 0 Å².